The zero-order chi connectivity index (χ0) is 15.1. The fourth-order valence-corrected chi connectivity index (χ4v) is 2.32. The van der Waals surface area contributed by atoms with Gasteiger partial charge in [0.25, 0.3) is 0 Å². The summed E-state index contributed by atoms with van der Waals surface area (Å²) in [5.41, 5.74) is 0.541. The number of hydrogen-bond donors (Lipinski definition) is 4. The van der Waals surface area contributed by atoms with E-state index in [2.05, 4.69) is 0 Å². The summed E-state index contributed by atoms with van der Waals surface area (Å²) >= 11 is 0. The number of ether oxygens (including phenoxy) is 1. The van der Waals surface area contributed by atoms with Crippen molar-refractivity contribution in [3.8, 4) is 28.7 Å². The predicted molar refractivity (Wildman–Crippen MR) is 71.9 cm³/mol. The minimum Gasteiger partial charge on any atom is -0.508 e. The largest absolute Gasteiger partial charge is 0.508 e. The molecule has 108 valence electrons. The Bertz CT molecular complexity index is 720. The Morgan fingerprint density at radius 3 is 2.33 bits per heavy atom. The number of aromatic hydroxyl groups is 4. The first kappa shape index (κ1) is 13.1. The second kappa shape index (κ2) is 4.59. The second-order valence-electron chi connectivity index (χ2n) is 4.79. The van der Waals surface area contributed by atoms with Gasteiger partial charge in [0.15, 0.2) is 17.3 Å². The van der Waals surface area contributed by atoms with Crippen molar-refractivity contribution < 1.29 is 30.0 Å². The molecule has 6 heteroatoms. The van der Waals surface area contributed by atoms with Crippen LogP contribution in [-0.4, -0.2) is 26.2 Å². The van der Waals surface area contributed by atoms with Crippen molar-refractivity contribution in [2.75, 3.05) is 0 Å². The SMILES string of the molecule is O=C1C[C@@H](c2ccc(O)cc2)Oc2cc(O)c(O)c(O)c21. The number of rotatable bonds is 1. The van der Waals surface area contributed by atoms with E-state index in [1.165, 1.54) is 12.1 Å². The molecule has 6 nitrogen and oxygen atoms in total. The molecule has 0 aromatic heterocycles. The Morgan fingerprint density at radius 2 is 1.67 bits per heavy atom. The molecule has 0 saturated heterocycles. The van der Waals surface area contributed by atoms with E-state index < -0.39 is 29.1 Å². The first-order valence-corrected chi connectivity index (χ1v) is 6.24. The Balaban J connectivity index is 2.03. The summed E-state index contributed by atoms with van der Waals surface area (Å²) in [6.45, 7) is 0. The Labute approximate surface area is 119 Å². The summed E-state index contributed by atoms with van der Waals surface area (Å²) in [4.78, 5) is 12.1. The molecule has 0 radical (unpaired) electrons. The van der Waals surface area contributed by atoms with Crippen LogP contribution in [0.4, 0.5) is 0 Å². The average molecular weight is 288 g/mol. The number of carbonyl (C=O) groups is 1. The third-order valence-corrected chi connectivity index (χ3v) is 3.40. The molecule has 0 saturated carbocycles. The van der Waals surface area contributed by atoms with Crippen LogP contribution in [0.1, 0.15) is 28.4 Å². The monoisotopic (exact) mass is 288 g/mol. The van der Waals surface area contributed by atoms with E-state index in [4.69, 9.17) is 4.74 Å². The molecular weight excluding hydrogens is 276 g/mol. The summed E-state index contributed by atoms with van der Waals surface area (Å²) in [5.74, 6) is -2.28. The number of phenolic OH excluding ortho intramolecular Hbond substituents is 4. The van der Waals surface area contributed by atoms with Crippen LogP contribution in [0.2, 0.25) is 0 Å². The minimum atomic E-state index is -0.742. The van der Waals surface area contributed by atoms with E-state index in [0.29, 0.717) is 5.56 Å². The Morgan fingerprint density at radius 1 is 1.00 bits per heavy atom. The van der Waals surface area contributed by atoms with Gasteiger partial charge in [-0.1, -0.05) is 12.1 Å². The maximum Gasteiger partial charge on any atom is 0.201 e. The number of phenols is 4. The first-order chi connectivity index (χ1) is 9.97. The summed E-state index contributed by atoms with van der Waals surface area (Å²) < 4.78 is 5.61. The van der Waals surface area contributed by atoms with Crippen molar-refractivity contribution >= 4 is 5.78 Å². The molecule has 1 aliphatic rings. The van der Waals surface area contributed by atoms with Gasteiger partial charge in [0.2, 0.25) is 5.75 Å². The molecule has 0 amide bonds. The van der Waals surface area contributed by atoms with Crippen LogP contribution in [0, 0.1) is 0 Å². The molecule has 1 aliphatic heterocycles. The van der Waals surface area contributed by atoms with Gasteiger partial charge in [0, 0.05) is 6.07 Å². The van der Waals surface area contributed by atoms with Gasteiger partial charge in [-0.25, -0.2) is 0 Å². The summed E-state index contributed by atoms with van der Waals surface area (Å²) in [6.07, 6.45) is -0.607. The quantitative estimate of drug-likeness (QED) is 0.599. The number of Topliss-reactive ketones (excluding diaryl/α,β-unsaturated/α-hetero) is 1. The molecule has 1 atom stereocenters. The van der Waals surface area contributed by atoms with Crippen molar-refractivity contribution in [3.05, 3.63) is 41.5 Å². The first-order valence-electron chi connectivity index (χ1n) is 6.24. The lowest BCUT2D eigenvalue weighted by molar-refractivity contribution is 0.0843. The number of carbonyl (C=O) groups excluding carboxylic acids is 1. The normalized spacial score (nSPS) is 17.1. The van der Waals surface area contributed by atoms with E-state index >= 15 is 0 Å². The molecule has 3 rings (SSSR count). The average Bonchev–Trinajstić information content (AvgIpc) is 2.45. The van der Waals surface area contributed by atoms with Gasteiger partial charge < -0.3 is 25.2 Å². The minimum absolute atomic E-state index is 0.0112. The zero-order valence-corrected chi connectivity index (χ0v) is 10.8. The molecule has 0 fully saturated rings. The smallest absolute Gasteiger partial charge is 0.201 e. The van der Waals surface area contributed by atoms with E-state index in [0.717, 1.165) is 6.07 Å². The van der Waals surface area contributed by atoms with Crippen molar-refractivity contribution in [2.45, 2.75) is 12.5 Å². The van der Waals surface area contributed by atoms with Crippen molar-refractivity contribution in [2.24, 2.45) is 0 Å². The maximum atomic E-state index is 12.1. The fraction of sp³-hybridized carbons (Fsp3) is 0.133. The summed E-state index contributed by atoms with van der Waals surface area (Å²) in [7, 11) is 0. The number of fused-ring (bicyclic) bond motifs is 1. The molecule has 21 heavy (non-hydrogen) atoms. The lowest BCUT2D eigenvalue weighted by Gasteiger charge is -2.26. The molecule has 0 unspecified atom stereocenters. The van der Waals surface area contributed by atoms with Crippen molar-refractivity contribution in [1.29, 1.82) is 0 Å². The van der Waals surface area contributed by atoms with Gasteiger partial charge in [-0.3, -0.25) is 4.79 Å². The van der Waals surface area contributed by atoms with Crippen molar-refractivity contribution in [3.63, 3.8) is 0 Å². The highest BCUT2D eigenvalue weighted by Gasteiger charge is 2.32. The standard InChI is InChI=1S/C15H12O6/c16-8-3-1-7(2-4-8)11-5-9(17)13-12(21-11)6-10(18)14(19)15(13)20/h1-4,6,11,16,18-20H,5H2/t11-/m0/s1. The molecular formula is C15H12O6. The third kappa shape index (κ3) is 2.10. The van der Waals surface area contributed by atoms with Gasteiger partial charge in [-0.2, -0.15) is 0 Å². The molecule has 2 aromatic rings. The summed E-state index contributed by atoms with van der Waals surface area (Å²) in [5, 5.41) is 38.0. The van der Waals surface area contributed by atoms with Gasteiger partial charge in [-0.05, 0) is 17.7 Å². The molecule has 1 heterocycles. The molecule has 2 aromatic carbocycles. The second-order valence-corrected chi connectivity index (χ2v) is 4.79. The van der Waals surface area contributed by atoms with Gasteiger partial charge in [0.05, 0.1) is 6.42 Å². The topological polar surface area (TPSA) is 107 Å². The molecule has 4 N–H and O–H groups in total. The van der Waals surface area contributed by atoms with Crippen LogP contribution in [-0.2, 0) is 0 Å². The van der Waals surface area contributed by atoms with Crippen LogP contribution >= 0.6 is 0 Å². The number of ketones is 1. The van der Waals surface area contributed by atoms with Crippen LogP contribution in [0.15, 0.2) is 30.3 Å². The molecule has 0 spiro atoms. The van der Waals surface area contributed by atoms with Crippen LogP contribution < -0.4 is 4.74 Å². The van der Waals surface area contributed by atoms with Crippen molar-refractivity contribution in [1.82, 2.24) is 0 Å². The zero-order valence-electron chi connectivity index (χ0n) is 10.8. The maximum absolute atomic E-state index is 12.1. The molecule has 0 aliphatic carbocycles. The highest BCUT2D eigenvalue weighted by molar-refractivity contribution is 6.03. The molecule has 0 bridgehead atoms. The van der Waals surface area contributed by atoms with E-state index in [1.807, 2.05) is 0 Å². The Hall–Kier alpha value is -2.89. The number of benzene rings is 2. The number of hydrogen-bond acceptors (Lipinski definition) is 6. The highest BCUT2D eigenvalue weighted by Crippen LogP contribution is 2.47. The van der Waals surface area contributed by atoms with E-state index in [9.17, 15) is 25.2 Å². The van der Waals surface area contributed by atoms with E-state index in [1.54, 1.807) is 12.1 Å². The Kier molecular flexibility index (Phi) is 2.86. The lowest BCUT2D eigenvalue weighted by atomic mass is 9.95. The van der Waals surface area contributed by atoms with Gasteiger partial charge in [0.1, 0.15) is 23.2 Å². The summed E-state index contributed by atoms with van der Waals surface area (Å²) in [6, 6.07) is 7.29. The highest BCUT2D eigenvalue weighted by atomic mass is 16.5. The fourth-order valence-electron chi connectivity index (χ4n) is 2.32. The van der Waals surface area contributed by atoms with Crippen LogP contribution in [0.25, 0.3) is 0 Å². The van der Waals surface area contributed by atoms with Crippen LogP contribution in [0.3, 0.4) is 0 Å². The van der Waals surface area contributed by atoms with E-state index in [-0.39, 0.29) is 23.5 Å². The predicted octanol–water partition coefficient (Wildman–Crippen LogP) is 2.22. The van der Waals surface area contributed by atoms with Gasteiger partial charge >= 0.3 is 0 Å². The van der Waals surface area contributed by atoms with Gasteiger partial charge in [-0.15, -0.1) is 0 Å². The van der Waals surface area contributed by atoms with Crippen LogP contribution in [0.5, 0.6) is 28.7 Å². The lowest BCUT2D eigenvalue weighted by Crippen LogP contribution is -2.20. The third-order valence-electron chi connectivity index (χ3n) is 3.40.